The van der Waals surface area contributed by atoms with Gasteiger partial charge in [0.25, 0.3) is 0 Å². The van der Waals surface area contributed by atoms with Crippen molar-refractivity contribution in [3.05, 3.63) is 41.2 Å². The van der Waals surface area contributed by atoms with Gasteiger partial charge >= 0.3 is 6.09 Å². The lowest BCUT2D eigenvalue weighted by atomic mass is 10.1. The van der Waals surface area contributed by atoms with Gasteiger partial charge in [0.1, 0.15) is 29.9 Å². The minimum absolute atomic E-state index is 0.0456. The highest BCUT2D eigenvalue weighted by atomic mass is 35.5. The van der Waals surface area contributed by atoms with E-state index in [-0.39, 0.29) is 12.2 Å². The summed E-state index contributed by atoms with van der Waals surface area (Å²) in [5, 5.41) is 12.5. The molecule has 30 heavy (non-hydrogen) atoms. The van der Waals surface area contributed by atoms with Gasteiger partial charge in [0.15, 0.2) is 0 Å². The first-order valence-electron chi connectivity index (χ1n) is 9.67. The van der Waals surface area contributed by atoms with Gasteiger partial charge in [0.05, 0.1) is 10.6 Å². The van der Waals surface area contributed by atoms with E-state index in [9.17, 15) is 4.79 Å². The van der Waals surface area contributed by atoms with Crippen LogP contribution in [0.5, 0.6) is 5.88 Å². The summed E-state index contributed by atoms with van der Waals surface area (Å²) in [5.74, 6) is 0.995. The molecule has 0 saturated carbocycles. The molecule has 0 radical (unpaired) electrons. The Labute approximate surface area is 180 Å². The van der Waals surface area contributed by atoms with Crippen molar-refractivity contribution in [2.45, 2.75) is 45.3 Å². The molecule has 0 spiro atoms. The van der Waals surface area contributed by atoms with E-state index in [1.165, 1.54) is 6.33 Å². The largest absolute Gasteiger partial charge is 0.474 e. The van der Waals surface area contributed by atoms with Crippen LogP contribution in [0.3, 0.4) is 0 Å². The summed E-state index contributed by atoms with van der Waals surface area (Å²) >= 11 is 6.07. The molecule has 0 bridgehead atoms. The Morgan fingerprint density at radius 3 is 2.63 bits per heavy atom. The predicted molar refractivity (Wildman–Crippen MR) is 113 cm³/mol. The van der Waals surface area contributed by atoms with Crippen molar-refractivity contribution in [1.29, 1.82) is 5.26 Å². The average molecular weight is 430 g/mol. The van der Waals surface area contributed by atoms with Gasteiger partial charge in [-0.2, -0.15) is 5.26 Å². The van der Waals surface area contributed by atoms with Gasteiger partial charge in [-0.25, -0.2) is 14.8 Å². The molecule has 2 heterocycles. The first kappa shape index (κ1) is 21.7. The lowest BCUT2D eigenvalue weighted by Crippen LogP contribution is -2.44. The number of rotatable bonds is 4. The first-order chi connectivity index (χ1) is 14.2. The number of carbonyl (C=O) groups is 1. The lowest BCUT2D eigenvalue weighted by molar-refractivity contribution is 0.0123. The van der Waals surface area contributed by atoms with Crippen LogP contribution in [0.2, 0.25) is 5.02 Å². The number of aromatic nitrogens is 2. The van der Waals surface area contributed by atoms with Crippen molar-refractivity contribution in [3.63, 3.8) is 0 Å². The molecular weight excluding hydrogens is 406 g/mol. The molecule has 0 atom stereocenters. The normalized spacial score (nSPS) is 14.7. The van der Waals surface area contributed by atoms with E-state index in [0.717, 1.165) is 0 Å². The fourth-order valence-corrected chi connectivity index (χ4v) is 3.18. The number of nitriles is 1. The minimum Gasteiger partial charge on any atom is -0.474 e. The summed E-state index contributed by atoms with van der Waals surface area (Å²) in [7, 11) is 0. The quantitative estimate of drug-likeness (QED) is 0.762. The van der Waals surface area contributed by atoms with Crippen LogP contribution >= 0.6 is 11.6 Å². The molecule has 1 amide bonds. The standard InChI is InChI=1S/C21H24ClN5O3/c1-21(2,3)30-20(28)27-8-6-16(7-9-27)29-19-11-18(24-13-25-19)26-15-5-4-14(12-23)17(22)10-15/h4-5,10-11,13,16H,6-9H2,1-3H3,(H,24,25,26). The maximum atomic E-state index is 12.2. The number of anilines is 2. The Kier molecular flexibility index (Phi) is 6.63. The van der Waals surface area contributed by atoms with Crippen LogP contribution in [-0.4, -0.2) is 45.8 Å². The van der Waals surface area contributed by atoms with Crippen molar-refractivity contribution in [3.8, 4) is 11.9 Å². The zero-order chi connectivity index (χ0) is 21.7. The minimum atomic E-state index is -0.506. The second-order valence-corrected chi connectivity index (χ2v) is 8.36. The molecule has 2 aromatic rings. The summed E-state index contributed by atoms with van der Waals surface area (Å²) in [6.45, 7) is 6.70. The molecule has 1 aromatic carbocycles. The Morgan fingerprint density at radius 1 is 1.27 bits per heavy atom. The van der Waals surface area contributed by atoms with E-state index in [2.05, 4.69) is 15.3 Å². The summed E-state index contributed by atoms with van der Waals surface area (Å²) < 4.78 is 11.4. The second kappa shape index (κ2) is 9.18. The molecule has 9 heteroatoms. The topological polar surface area (TPSA) is 100 Å². The fraction of sp³-hybridized carbons (Fsp3) is 0.429. The van der Waals surface area contributed by atoms with Crippen LogP contribution in [0.4, 0.5) is 16.3 Å². The van der Waals surface area contributed by atoms with Gasteiger partial charge in [-0.15, -0.1) is 0 Å². The number of likely N-dealkylation sites (tertiary alicyclic amines) is 1. The van der Waals surface area contributed by atoms with Crippen molar-refractivity contribution in [2.75, 3.05) is 18.4 Å². The summed E-state index contributed by atoms with van der Waals surface area (Å²) in [6.07, 6.45) is 2.46. The highest BCUT2D eigenvalue weighted by Gasteiger charge is 2.27. The number of hydrogen-bond donors (Lipinski definition) is 1. The number of nitrogens with zero attached hydrogens (tertiary/aromatic N) is 4. The van der Waals surface area contributed by atoms with Crippen LogP contribution in [0.15, 0.2) is 30.6 Å². The van der Waals surface area contributed by atoms with Gasteiger partial charge in [0.2, 0.25) is 5.88 Å². The highest BCUT2D eigenvalue weighted by Crippen LogP contribution is 2.25. The van der Waals surface area contributed by atoms with Gasteiger partial charge in [0, 0.05) is 37.7 Å². The molecule has 1 aliphatic heterocycles. The maximum Gasteiger partial charge on any atom is 0.410 e. The molecule has 3 rings (SSSR count). The number of ether oxygens (including phenoxy) is 2. The van der Waals surface area contributed by atoms with Crippen molar-refractivity contribution in [2.24, 2.45) is 0 Å². The molecule has 1 aromatic heterocycles. The predicted octanol–water partition coefficient (Wildman–Crippen LogP) is 4.52. The fourth-order valence-electron chi connectivity index (χ4n) is 2.96. The number of carbonyl (C=O) groups excluding carboxylic acids is 1. The molecule has 158 valence electrons. The maximum absolute atomic E-state index is 12.2. The number of piperidine rings is 1. The van der Waals surface area contributed by atoms with E-state index in [0.29, 0.717) is 53.9 Å². The molecule has 1 aliphatic rings. The molecular formula is C21H24ClN5O3. The summed E-state index contributed by atoms with van der Waals surface area (Å²) in [5.41, 5.74) is 0.606. The molecule has 1 fully saturated rings. The zero-order valence-electron chi connectivity index (χ0n) is 17.2. The molecule has 0 aliphatic carbocycles. The third-order valence-corrected chi connectivity index (χ3v) is 4.70. The number of halogens is 1. The van der Waals surface area contributed by atoms with E-state index in [1.807, 2.05) is 26.8 Å². The van der Waals surface area contributed by atoms with Crippen LogP contribution in [0, 0.1) is 11.3 Å². The molecule has 1 N–H and O–H groups in total. The average Bonchev–Trinajstić information content (AvgIpc) is 2.68. The Morgan fingerprint density at radius 2 is 2.00 bits per heavy atom. The monoisotopic (exact) mass is 429 g/mol. The van der Waals surface area contributed by atoms with Gasteiger partial charge < -0.3 is 19.7 Å². The van der Waals surface area contributed by atoms with Crippen molar-refractivity contribution >= 4 is 29.2 Å². The smallest absolute Gasteiger partial charge is 0.410 e. The third kappa shape index (κ3) is 5.97. The van der Waals surface area contributed by atoms with Crippen LogP contribution < -0.4 is 10.1 Å². The van der Waals surface area contributed by atoms with Crippen LogP contribution in [0.25, 0.3) is 0 Å². The van der Waals surface area contributed by atoms with Crippen molar-refractivity contribution < 1.29 is 14.3 Å². The Bertz CT molecular complexity index is 946. The van der Waals surface area contributed by atoms with Gasteiger partial charge in [-0.1, -0.05) is 11.6 Å². The second-order valence-electron chi connectivity index (χ2n) is 7.96. The van der Waals surface area contributed by atoms with E-state index >= 15 is 0 Å². The number of nitrogens with one attached hydrogen (secondary N) is 1. The Balaban J connectivity index is 1.55. The summed E-state index contributed by atoms with van der Waals surface area (Å²) in [6, 6.07) is 8.78. The van der Waals surface area contributed by atoms with Gasteiger partial charge in [-0.3, -0.25) is 0 Å². The highest BCUT2D eigenvalue weighted by molar-refractivity contribution is 6.32. The van der Waals surface area contributed by atoms with E-state index in [4.69, 9.17) is 26.3 Å². The number of benzene rings is 1. The van der Waals surface area contributed by atoms with Crippen molar-refractivity contribution in [1.82, 2.24) is 14.9 Å². The lowest BCUT2D eigenvalue weighted by Gasteiger charge is -2.33. The van der Waals surface area contributed by atoms with Crippen LogP contribution in [0.1, 0.15) is 39.2 Å². The SMILES string of the molecule is CC(C)(C)OC(=O)N1CCC(Oc2cc(Nc3ccc(C#N)c(Cl)c3)ncn2)CC1. The number of hydrogen-bond acceptors (Lipinski definition) is 7. The van der Waals surface area contributed by atoms with Crippen LogP contribution in [-0.2, 0) is 4.74 Å². The van der Waals surface area contributed by atoms with E-state index < -0.39 is 5.60 Å². The first-order valence-corrected chi connectivity index (χ1v) is 10.0. The number of amides is 1. The molecule has 1 saturated heterocycles. The zero-order valence-corrected chi connectivity index (χ0v) is 17.9. The van der Waals surface area contributed by atoms with E-state index in [1.54, 1.807) is 29.2 Å². The van der Waals surface area contributed by atoms with Gasteiger partial charge in [-0.05, 0) is 39.0 Å². The molecule has 8 nitrogen and oxygen atoms in total. The Hall–Kier alpha value is -3.05. The molecule has 0 unspecified atom stereocenters. The summed E-state index contributed by atoms with van der Waals surface area (Å²) in [4.78, 5) is 22.2. The third-order valence-electron chi connectivity index (χ3n) is 4.39.